The zero-order chi connectivity index (χ0) is 42.1. The minimum absolute atomic E-state index is 0. The van der Waals surface area contributed by atoms with E-state index in [0.717, 1.165) is 88.9 Å². The normalized spacial score (nSPS) is 11.7. The molecule has 6 heteroatoms. The summed E-state index contributed by atoms with van der Waals surface area (Å²) in [4.78, 5) is 9.94. The van der Waals surface area contributed by atoms with Crippen LogP contribution in [0.2, 0.25) is 19.6 Å². The molecule has 10 rings (SSSR count). The van der Waals surface area contributed by atoms with E-state index in [1.807, 2.05) is 42.5 Å². The molecule has 303 valence electrons. The fraction of sp³-hybridized carbons (Fsp3) is 0.127. The molecule has 0 bridgehead atoms. The van der Waals surface area contributed by atoms with Crippen LogP contribution in [0.5, 0.6) is 0 Å². The number of thiophene rings is 1. The third-order valence-electron chi connectivity index (χ3n) is 10.9. The summed E-state index contributed by atoms with van der Waals surface area (Å²) in [6, 6.07) is 60.4. The van der Waals surface area contributed by atoms with Crippen LogP contribution in [-0.4, -0.2) is 22.6 Å². The second-order valence-electron chi connectivity index (χ2n) is 16.7. The molecule has 0 spiro atoms. The molecule has 7 aromatic carbocycles. The van der Waals surface area contributed by atoms with E-state index in [2.05, 4.69) is 182 Å². The number of aromatic nitrogens is 3. The fourth-order valence-corrected chi connectivity index (χ4v) is 10.6. The molecule has 0 amide bonds. The van der Waals surface area contributed by atoms with Crippen molar-refractivity contribution < 1.29 is 21.5 Å². The standard InChI is InChI=1S/C37H23N2S.C18H24NSi.Ir/c1-3-12-25(13-4-1)29-18-11-19-30(26-14-5-2-6-15-26)36(29)39-34-21-10-9-20-33(34)38-37(39)32-24-40-35-23-28-17-8-7-16-27(28)22-31(32)35;1-14(2)11-16-12-17(15-9-7-6-8-10-15)19-13-18(16)20(3,4)5;/h1-23H;6-9,12-14H,11H2,1-5H3;/q2*-1;/i7D;;. The zero-order valence-corrected chi connectivity index (χ0v) is 39.2. The Balaban J connectivity index is 0.000000214. The summed E-state index contributed by atoms with van der Waals surface area (Å²) < 4.78 is 11.7. The maximum Gasteiger partial charge on any atom is 0.0798 e. The predicted molar refractivity (Wildman–Crippen MR) is 259 cm³/mol. The molecule has 0 unspecified atom stereocenters. The van der Waals surface area contributed by atoms with Gasteiger partial charge in [-0.1, -0.05) is 188 Å². The first-order valence-electron chi connectivity index (χ1n) is 21.2. The predicted octanol–water partition coefficient (Wildman–Crippen LogP) is 14.5. The summed E-state index contributed by atoms with van der Waals surface area (Å²) in [7, 11) is -1.34. The van der Waals surface area contributed by atoms with Gasteiger partial charge in [0.2, 0.25) is 0 Å². The molecular weight excluding hydrogens is 955 g/mol. The third-order valence-corrected chi connectivity index (χ3v) is 13.9. The monoisotopic (exact) mass is 1000 g/mol. The molecule has 0 atom stereocenters. The van der Waals surface area contributed by atoms with Gasteiger partial charge in [0, 0.05) is 37.4 Å². The number of fused-ring (bicyclic) bond motifs is 3. The van der Waals surface area contributed by atoms with E-state index in [9.17, 15) is 0 Å². The average Bonchev–Trinajstić information content (AvgIpc) is 3.86. The Bertz CT molecular complexity index is 3080. The largest absolute Gasteiger partial charge is 0.332 e. The molecule has 0 N–H and O–H groups in total. The van der Waals surface area contributed by atoms with Crippen molar-refractivity contribution in [2.75, 3.05) is 0 Å². The van der Waals surface area contributed by atoms with Crippen LogP contribution in [0.4, 0.5) is 0 Å². The van der Waals surface area contributed by atoms with Crippen LogP contribution in [-0.2, 0) is 26.5 Å². The Labute approximate surface area is 379 Å². The first-order valence-corrected chi connectivity index (χ1v) is 25.0. The number of pyridine rings is 1. The summed E-state index contributed by atoms with van der Waals surface area (Å²) in [5, 5.41) is 8.39. The molecule has 3 nitrogen and oxygen atoms in total. The van der Waals surface area contributed by atoms with Gasteiger partial charge in [0.25, 0.3) is 0 Å². The van der Waals surface area contributed by atoms with E-state index in [4.69, 9.17) is 6.35 Å². The molecule has 0 aliphatic rings. The molecule has 0 aliphatic carbocycles. The fourth-order valence-electron chi connectivity index (χ4n) is 8.15. The van der Waals surface area contributed by atoms with Crippen LogP contribution in [0, 0.1) is 17.4 Å². The number of para-hydroxylation sites is 3. The maximum atomic E-state index is 8.17. The first kappa shape index (κ1) is 40.6. The zero-order valence-electron chi connectivity index (χ0n) is 36.0. The summed E-state index contributed by atoms with van der Waals surface area (Å²) in [6.45, 7) is 11.7. The average molecular weight is 1000 g/mol. The van der Waals surface area contributed by atoms with Gasteiger partial charge in [-0.25, -0.2) is 0 Å². The van der Waals surface area contributed by atoms with Crippen molar-refractivity contribution in [3.05, 3.63) is 193 Å². The molecule has 0 saturated heterocycles. The Kier molecular flexibility index (Phi) is 12.0. The quantitative estimate of drug-likeness (QED) is 0.112. The summed E-state index contributed by atoms with van der Waals surface area (Å²) in [6.07, 6.45) is 3.24. The minimum atomic E-state index is -1.34. The van der Waals surface area contributed by atoms with Crippen LogP contribution in [0.1, 0.15) is 20.8 Å². The minimum Gasteiger partial charge on any atom is -0.332 e. The Morgan fingerprint density at radius 3 is 2.07 bits per heavy atom. The second-order valence-corrected chi connectivity index (χ2v) is 22.6. The molecule has 0 saturated carbocycles. The van der Waals surface area contributed by atoms with E-state index in [-0.39, 0.29) is 20.1 Å². The molecular formula is C55H47IrN3SSi-2. The van der Waals surface area contributed by atoms with Crippen LogP contribution < -0.4 is 5.19 Å². The van der Waals surface area contributed by atoms with Gasteiger partial charge in [-0.15, -0.1) is 41.3 Å². The van der Waals surface area contributed by atoms with Crippen LogP contribution >= 0.6 is 11.3 Å². The summed E-state index contributed by atoms with van der Waals surface area (Å²) >= 11 is 1.62. The van der Waals surface area contributed by atoms with Crippen molar-refractivity contribution in [3.8, 4) is 50.6 Å². The topological polar surface area (TPSA) is 30.7 Å². The van der Waals surface area contributed by atoms with Crippen LogP contribution in [0.15, 0.2) is 176 Å². The molecule has 1 radical (unpaired) electrons. The van der Waals surface area contributed by atoms with E-state index >= 15 is 0 Å². The van der Waals surface area contributed by atoms with Gasteiger partial charge in [0.15, 0.2) is 0 Å². The number of hydrogen-bond donors (Lipinski definition) is 0. The van der Waals surface area contributed by atoms with E-state index < -0.39 is 8.07 Å². The van der Waals surface area contributed by atoms with Crippen molar-refractivity contribution in [2.45, 2.75) is 39.9 Å². The van der Waals surface area contributed by atoms with Crippen LogP contribution in [0.25, 0.3) is 82.5 Å². The van der Waals surface area contributed by atoms with Crippen LogP contribution in [0.3, 0.4) is 0 Å². The van der Waals surface area contributed by atoms with E-state index in [1.54, 1.807) is 11.3 Å². The number of hydrogen-bond acceptors (Lipinski definition) is 3. The number of benzene rings is 7. The Morgan fingerprint density at radius 2 is 1.39 bits per heavy atom. The first-order chi connectivity index (χ1) is 29.6. The van der Waals surface area contributed by atoms with E-state index in [1.165, 1.54) is 10.8 Å². The molecule has 0 fully saturated rings. The van der Waals surface area contributed by atoms with Crippen molar-refractivity contribution >= 4 is 56.5 Å². The van der Waals surface area contributed by atoms with Gasteiger partial charge < -0.3 is 9.55 Å². The molecule has 3 aromatic heterocycles. The van der Waals surface area contributed by atoms with Gasteiger partial charge in [-0.3, -0.25) is 16.3 Å². The van der Waals surface area contributed by atoms with Gasteiger partial charge in [0.1, 0.15) is 0 Å². The number of nitrogens with zero attached hydrogens (tertiary/aromatic N) is 3. The SMILES string of the molecule is CC(C)Cc1cc(-c2[c-]cccc2)ncc1[Si](C)(C)C.[2H]c1ccc2cc3s[c-]c(-c4nc5ccccc5n4-c4c(-c5ccccc5)cccc4-c4ccccc4)c3cc2c1.[Ir]. The summed E-state index contributed by atoms with van der Waals surface area (Å²) in [5.41, 5.74) is 12.2. The number of rotatable bonds is 8. The molecule has 0 aliphatic heterocycles. The third kappa shape index (κ3) is 8.73. The van der Waals surface area contributed by atoms with Crippen molar-refractivity contribution in [3.63, 3.8) is 0 Å². The van der Waals surface area contributed by atoms with Gasteiger partial charge in [-0.2, -0.15) is 0 Å². The Morgan fingerprint density at radius 1 is 0.721 bits per heavy atom. The van der Waals surface area contributed by atoms with Gasteiger partial charge in [-0.05, 0) is 57.3 Å². The van der Waals surface area contributed by atoms with Crippen molar-refractivity contribution in [1.29, 1.82) is 0 Å². The maximum absolute atomic E-state index is 8.17. The van der Waals surface area contributed by atoms with Crippen molar-refractivity contribution in [1.82, 2.24) is 14.5 Å². The van der Waals surface area contributed by atoms with Gasteiger partial charge in [0.05, 0.1) is 32.0 Å². The number of imidazole rings is 1. The molecule has 3 heterocycles. The van der Waals surface area contributed by atoms with E-state index in [0.29, 0.717) is 12.0 Å². The van der Waals surface area contributed by atoms with Gasteiger partial charge >= 0.3 is 0 Å². The molecule has 10 aromatic rings. The smallest absolute Gasteiger partial charge is 0.0798 e. The van der Waals surface area contributed by atoms with Crippen molar-refractivity contribution in [2.24, 2.45) is 5.92 Å². The second kappa shape index (κ2) is 18.1. The Hall–Kier alpha value is -5.75. The molecule has 61 heavy (non-hydrogen) atoms. The summed E-state index contributed by atoms with van der Waals surface area (Å²) in [5.74, 6) is 1.53.